The van der Waals surface area contributed by atoms with Crippen LogP contribution in [0.5, 0.6) is 0 Å². The molecule has 2 aliphatic carbocycles. The summed E-state index contributed by atoms with van der Waals surface area (Å²) in [5, 5.41) is 0. The number of likely N-dealkylation sites (tertiary alicyclic amines) is 2. The van der Waals surface area contributed by atoms with Gasteiger partial charge in [0.2, 0.25) is 17.7 Å². The van der Waals surface area contributed by atoms with Crippen LogP contribution < -0.4 is 0 Å². The summed E-state index contributed by atoms with van der Waals surface area (Å²) >= 11 is 0. The van der Waals surface area contributed by atoms with E-state index in [1.165, 1.54) is 4.90 Å². The summed E-state index contributed by atoms with van der Waals surface area (Å²) in [5.41, 5.74) is 0. The molecule has 0 aromatic carbocycles. The number of nitrogens with zero attached hydrogens (tertiary/aromatic N) is 2. The first kappa shape index (κ1) is 15.9. The fourth-order valence-corrected chi connectivity index (χ4v) is 5.19. The van der Waals surface area contributed by atoms with Gasteiger partial charge in [0.05, 0.1) is 11.8 Å². The highest BCUT2D eigenvalue weighted by Gasteiger charge is 2.61. The highest BCUT2D eigenvalue weighted by atomic mass is 16.2. The Hall–Kier alpha value is -1.65. The average molecular weight is 330 g/mol. The van der Waals surface area contributed by atoms with Crippen LogP contribution >= 0.6 is 0 Å². The molecule has 3 fully saturated rings. The van der Waals surface area contributed by atoms with E-state index in [0.717, 1.165) is 38.8 Å². The number of imide groups is 1. The summed E-state index contributed by atoms with van der Waals surface area (Å²) in [5.74, 6) is -0.357. The van der Waals surface area contributed by atoms with Crippen molar-refractivity contribution in [3.8, 4) is 0 Å². The van der Waals surface area contributed by atoms with Gasteiger partial charge in [-0.1, -0.05) is 26.0 Å². The molecule has 0 N–H and O–H groups in total. The normalized spacial score (nSPS) is 36.0. The van der Waals surface area contributed by atoms with Gasteiger partial charge in [-0.25, -0.2) is 0 Å². The van der Waals surface area contributed by atoms with Gasteiger partial charge in [0.1, 0.15) is 6.04 Å². The molecule has 5 heteroatoms. The van der Waals surface area contributed by atoms with Gasteiger partial charge in [-0.05, 0) is 43.4 Å². The van der Waals surface area contributed by atoms with Crippen LogP contribution in [0.3, 0.4) is 0 Å². The smallest absolute Gasteiger partial charge is 0.246 e. The van der Waals surface area contributed by atoms with Crippen LogP contribution in [-0.4, -0.2) is 46.7 Å². The minimum atomic E-state index is -0.631. The van der Waals surface area contributed by atoms with Crippen molar-refractivity contribution in [2.45, 2.75) is 45.6 Å². The average Bonchev–Trinajstić information content (AvgIpc) is 3.25. The topological polar surface area (TPSA) is 57.7 Å². The third-order valence-electron chi connectivity index (χ3n) is 6.33. The Balaban J connectivity index is 1.61. The van der Waals surface area contributed by atoms with Crippen molar-refractivity contribution in [2.24, 2.45) is 29.6 Å². The molecule has 4 rings (SSSR count). The third kappa shape index (κ3) is 2.16. The monoisotopic (exact) mass is 330 g/mol. The molecule has 4 aliphatic rings. The lowest BCUT2D eigenvalue weighted by atomic mass is 9.85. The maximum atomic E-state index is 13.1. The van der Waals surface area contributed by atoms with Gasteiger partial charge in [0, 0.05) is 13.1 Å². The standard InChI is InChI=1S/C19H26N2O3/c1-11(2)16(19(24)20-8-4-3-5-9-20)21-17(22)14-12-6-7-13(10-12)15(14)18(21)23/h6-7,11-16H,3-5,8-10H2,1-2H3. The van der Waals surface area contributed by atoms with Gasteiger partial charge in [0.15, 0.2) is 0 Å². The number of allylic oxidation sites excluding steroid dienone is 2. The number of carbonyl (C=O) groups excluding carboxylic acids is 3. The molecule has 0 radical (unpaired) electrons. The SMILES string of the molecule is CC(C)C(C(=O)N1CCCCC1)N1C(=O)C2C3C=CC(C3)C2C1=O. The van der Waals surface area contributed by atoms with Crippen molar-refractivity contribution in [1.82, 2.24) is 9.80 Å². The summed E-state index contributed by atoms with van der Waals surface area (Å²) in [6.45, 7) is 5.37. The third-order valence-corrected chi connectivity index (χ3v) is 6.33. The molecular weight excluding hydrogens is 304 g/mol. The predicted molar refractivity (Wildman–Crippen MR) is 88.6 cm³/mol. The van der Waals surface area contributed by atoms with Crippen molar-refractivity contribution >= 4 is 17.7 Å². The Morgan fingerprint density at radius 3 is 2.04 bits per heavy atom. The summed E-state index contributed by atoms with van der Waals surface area (Å²) in [7, 11) is 0. The van der Waals surface area contributed by atoms with Crippen molar-refractivity contribution in [2.75, 3.05) is 13.1 Å². The van der Waals surface area contributed by atoms with Crippen LogP contribution in [-0.2, 0) is 14.4 Å². The first-order valence-electron chi connectivity index (χ1n) is 9.34. The molecule has 2 aliphatic heterocycles. The molecule has 130 valence electrons. The molecule has 2 saturated heterocycles. The van der Waals surface area contributed by atoms with Crippen molar-refractivity contribution < 1.29 is 14.4 Å². The van der Waals surface area contributed by atoms with E-state index in [-0.39, 0.29) is 47.3 Å². The molecule has 5 nitrogen and oxygen atoms in total. The minimum absolute atomic E-state index is 0.0355. The first-order valence-corrected chi connectivity index (χ1v) is 9.34. The van der Waals surface area contributed by atoms with Crippen LogP contribution in [0.25, 0.3) is 0 Å². The highest BCUT2D eigenvalue weighted by molar-refractivity contribution is 6.09. The number of hydrogen-bond acceptors (Lipinski definition) is 3. The van der Waals surface area contributed by atoms with Crippen LogP contribution in [0.15, 0.2) is 12.2 Å². The van der Waals surface area contributed by atoms with E-state index in [4.69, 9.17) is 0 Å². The van der Waals surface area contributed by atoms with E-state index in [0.29, 0.717) is 0 Å². The molecule has 5 atom stereocenters. The number of fused-ring (bicyclic) bond motifs is 5. The van der Waals surface area contributed by atoms with E-state index >= 15 is 0 Å². The lowest BCUT2D eigenvalue weighted by molar-refractivity contribution is -0.154. The van der Waals surface area contributed by atoms with Crippen LogP contribution in [0.2, 0.25) is 0 Å². The molecular formula is C19H26N2O3. The molecule has 3 amide bonds. The maximum Gasteiger partial charge on any atom is 0.246 e. The zero-order valence-corrected chi connectivity index (χ0v) is 14.5. The van der Waals surface area contributed by atoms with E-state index in [2.05, 4.69) is 12.2 Å². The lowest BCUT2D eigenvalue weighted by Crippen LogP contribution is -2.55. The van der Waals surface area contributed by atoms with E-state index in [1.54, 1.807) is 0 Å². The Morgan fingerprint density at radius 2 is 1.54 bits per heavy atom. The van der Waals surface area contributed by atoms with Crippen molar-refractivity contribution in [1.29, 1.82) is 0 Å². The first-order chi connectivity index (χ1) is 11.5. The quantitative estimate of drug-likeness (QED) is 0.586. The summed E-state index contributed by atoms with van der Waals surface area (Å²) in [6.07, 6.45) is 8.29. The number of carbonyl (C=O) groups is 3. The fraction of sp³-hybridized carbons (Fsp3) is 0.737. The summed E-state index contributed by atoms with van der Waals surface area (Å²) < 4.78 is 0. The predicted octanol–water partition coefficient (Wildman–Crippen LogP) is 1.83. The van der Waals surface area contributed by atoms with Crippen LogP contribution in [0.1, 0.15) is 39.5 Å². The highest BCUT2D eigenvalue weighted by Crippen LogP contribution is 2.53. The van der Waals surface area contributed by atoms with E-state index in [1.807, 2.05) is 18.7 Å². The van der Waals surface area contributed by atoms with Gasteiger partial charge >= 0.3 is 0 Å². The fourth-order valence-electron chi connectivity index (χ4n) is 5.19. The Bertz CT molecular complexity index is 576. The second-order valence-electron chi connectivity index (χ2n) is 8.12. The number of piperidine rings is 1. The van der Waals surface area contributed by atoms with E-state index in [9.17, 15) is 14.4 Å². The molecule has 5 unspecified atom stereocenters. The van der Waals surface area contributed by atoms with Gasteiger partial charge in [-0.3, -0.25) is 19.3 Å². The molecule has 1 saturated carbocycles. The molecule has 0 aromatic rings. The maximum absolute atomic E-state index is 13.1. The molecule has 24 heavy (non-hydrogen) atoms. The largest absolute Gasteiger partial charge is 0.341 e. The van der Waals surface area contributed by atoms with Gasteiger partial charge in [-0.2, -0.15) is 0 Å². The molecule has 2 bridgehead atoms. The van der Waals surface area contributed by atoms with Crippen molar-refractivity contribution in [3.05, 3.63) is 12.2 Å². The van der Waals surface area contributed by atoms with E-state index < -0.39 is 6.04 Å². The Labute approximate surface area is 143 Å². The second kappa shape index (κ2) is 5.71. The number of hydrogen-bond donors (Lipinski definition) is 0. The molecule has 0 spiro atoms. The number of rotatable bonds is 3. The van der Waals surface area contributed by atoms with Gasteiger partial charge in [0.25, 0.3) is 0 Å². The minimum Gasteiger partial charge on any atom is -0.341 e. The van der Waals surface area contributed by atoms with Crippen LogP contribution in [0, 0.1) is 29.6 Å². The van der Waals surface area contributed by atoms with Crippen LogP contribution in [0.4, 0.5) is 0 Å². The lowest BCUT2D eigenvalue weighted by Gasteiger charge is -2.36. The zero-order valence-electron chi connectivity index (χ0n) is 14.5. The zero-order chi connectivity index (χ0) is 17.0. The van der Waals surface area contributed by atoms with Crippen molar-refractivity contribution in [3.63, 3.8) is 0 Å². The van der Waals surface area contributed by atoms with Gasteiger partial charge in [-0.15, -0.1) is 0 Å². The molecule has 2 heterocycles. The Kier molecular flexibility index (Phi) is 3.77. The number of amides is 3. The van der Waals surface area contributed by atoms with Gasteiger partial charge < -0.3 is 4.90 Å². The molecule has 0 aromatic heterocycles. The summed E-state index contributed by atoms with van der Waals surface area (Å²) in [4.78, 5) is 42.3. The Morgan fingerprint density at radius 1 is 1.00 bits per heavy atom. The second-order valence-corrected chi connectivity index (χ2v) is 8.12. The summed E-state index contributed by atoms with van der Waals surface area (Å²) in [6, 6.07) is -0.631.